The number of benzene rings is 1. The summed E-state index contributed by atoms with van der Waals surface area (Å²) in [5.41, 5.74) is 0.162. The fraction of sp³-hybridized carbons (Fsp3) is 0.500. The van der Waals surface area contributed by atoms with Crippen molar-refractivity contribution in [1.29, 1.82) is 0 Å². The van der Waals surface area contributed by atoms with Crippen LogP contribution in [0.15, 0.2) is 24.3 Å². The highest BCUT2D eigenvalue weighted by Gasteiger charge is 2.31. The minimum atomic E-state index is -0.648. The first-order chi connectivity index (χ1) is 10.1. The van der Waals surface area contributed by atoms with E-state index in [1.807, 2.05) is 24.3 Å². The molecule has 1 aliphatic carbocycles. The number of aromatic nitrogens is 2. The van der Waals surface area contributed by atoms with Crippen LogP contribution in [0.2, 0.25) is 5.28 Å². The monoisotopic (exact) mass is 305 g/mol. The lowest BCUT2D eigenvalue weighted by molar-refractivity contribution is 0.00497. The van der Waals surface area contributed by atoms with E-state index in [4.69, 9.17) is 11.6 Å². The summed E-state index contributed by atoms with van der Waals surface area (Å²) in [7, 11) is 0. The summed E-state index contributed by atoms with van der Waals surface area (Å²) in [6, 6.07) is 7.74. The fourth-order valence-corrected chi connectivity index (χ4v) is 3.08. The van der Waals surface area contributed by atoms with E-state index >= 15 is 0 Å². The Hall–Kier alpha value is -1.39. The van der Waals surface area contributed by atoms with Gasteiger partial charge in [-0.1, -0.05) is 19.1 Å². The Morgan fingerprint density at radius 2 is 2.00 bits per heavy atom. The third kappa shape index (κ3) is 3.27. The molecule has 0 saturated heterocycles. The van der Waals surface area contributed by atoms with E-state index in [-0.39, 0.29) is 5.28 Å². The predicted molar refractivity (Wildman–Crippen MR) is 85.6 cm³/mol. The van der Waals surface area contributed by atoms with Gasteiger partial charge >= 0.3 is 0 Å². The lowest BCUT2D eigenvalue weighted by atomic mass is 9.79. The molecule has 0 unspecified atom stereocenters. The van der Waals surface area contributed by atoms with Crippen molar-refractivity contribution >= 4 is 28.3 Å². The highest BCUT2D eigenvalue weighted by Crippen LogP contribution is 2.32. The highest BCUT2D eigenvalue weighted by atomic mass is 35.5. The zero-order chi connectivity index (χ0) is 14.9. The van der Waals surface area contributed by atoms with Gasteiger partial charge in [0.1, 0.15) is 5.82 Å². The van der Waals surface area contributed by atoms with Gasteiger partial charge in [0, 0.05) is 11.9 Å². The smallest absolute Gasteiger partial charge is 0.224 e. The van der Waals surface area contributed by atoms with Crippen molar-refractivity contribution in [1.82, 2.24) is 9.97 Å². The third-order valence-corrected chi connectivity index (χ3v) is 4.53. The van der Waals surface area contributed by atoms with Crippen LogP contribution in [0.5, 0.6) is 0 Å². The fourth-order valence-electron chi connectivity index (χ4n) is 2.91. The van der Waals surface area contributed by atoms with Crippen LogP contribution < -0.4 is 5.32 Å². The quantitative estimate of drug-likeness (QED) is 0.850. The van der Waals surface area contributed by atoms with Gasteiger partial charge in [-0.05, 0) is 55.3 Å². The second-order valence-corrected chi connectivity index (χ2v) is 6.46. The Morgan fingerprint density at radius 3 is 2.76 bits per heavy atom. The predicted octanol–water partition coefficient (Wildman–Crippen LogP) is 3.64. The number of hydrogen-bond donors (Lipinski definition) is 2. The molecular weight excluding hydrogens is 286 g/mol. The van der Waals surface area contributed by atoms with Gasteiger partial charge in [-0.15, -0.1) is 0 Å². The maximum Gasteiger partial charge on any atom is 0.224 e. The summed E-state index contributed by atoms with van der Waals surface area (Å²) in [4.78, 5) is 8.47. The van der Waals surface area contributed by atoms with Gasteiger partial charge in [-0.3, -0.25) is 0 Å². The topological polar surface area (TPSA) is 58.0 Å². The molecule has 2 aromatic rings. The maximum absolute atomic E-state index is 10.7. The normalized spacial score (nSPS) is 26.0. The minimum Gasteiger partial charge on any atom is -0.388 e. The molecule has 0 spiro atoms. The SMILES string of the molecule is CC1CCC(O)(CNc2nc(Cl)nc3ccccc23)CC1. The molecular formula is C16H20ClN3O. The van der Waals surface area contributed by atoms with Gasteiger partial charge < -0.3 is 10.4 Å². The van der Waals surface area contributed by atoms with Gasteiger partial charge in [0.2, 0.25) is 5.28 Å². The Balaban J connectivity index is 1.79. The molecule has 1 saturated carbocycles. The minimum absolute atomic E-state index is 0.223. The van der Waals surface area contributed by atoms with Gasteiger partial charge in [0.05, 0.1) is 11.1 Å². The van der Waals surface area contributed by atoms with E-state index in [0.29, 0.717) is 18.3 Å². The molecule has 112 valence electrons. The van der Waals surface area contributed by atoms with Crippen LogP contribution in [0, 0.1) is 5.92 Å². The van der Waals surface area contributed by atoms with Gasteiger partial charge in [0.15, 0.2) is 0 Å². The Kier molecular flexibility index (Phi) is 4.00. The van der Waals surface area contributed by atoms with Gasteiger partial charge in [-0.2, -0.15) is 0 Å². The molecule has 5 heteroatoms. The number of fused-ring (bicyclic) bond motifs is 1. The number of anilines is 1. The number of nitrogens with zero attached hydrogens (tertiary/aromatic N) is 2. The molecule has 1 aliphatic rings. The molecule has 0 aliphatic heterocycles. The van der Waals surface area contributed by atoms with Crippen LogP contribution in [-0.2, 0) is 0 Å². The number of halogens is 1. The van der Waals surface area contributed by atoms with Crippen LogP contribution >= 0.6 is 11.6 Å². The number of para-hydroxylation sites is 1. The van der Waals surface area contributed by atoms with Crippen molar-refractivity contribution in [2.24, 2.45) is 5.92 Å². The van der Waals surface area contributed by atoms with E-state index < -0.39 is 5.60 Å². The van der Waals surface area contributed by atoms with E-state index in [9.17, 15) is 5.11 Å². The van der Waals surface area contributed by atoms with Gasteiger partial charge in [-0.25, -0.2) is 9.97 Å². The standard InChI is InChI=1S/C16H20ClN3O/c1-11-6-8-16(21,9-7-11)10-18-14-12-4-2-3-5-13(12)19-15(17)20-14/h2-5,11,21H,6-10H2,1H3,(H,18,19,20). The molecule has 1 aromatic heterocycles. The van der Waals surface area contributed by atoms with E-state index in [1.54, 1.807) is 0 Å². The van der Waals surface area contributed by atoms with Crippen molar-refractivity contribution in [2.45, 2.75) is 38.2 Å². The first kappa shape index (κ1) is 14.5. The number of rotatable bonds is 3. The van der Waals surface area contributed by atoms with Crippen molar-refractivity contribution in [2.75, 3.05) is 11.9 Å². The molecule has 1 heterocycles. The van der Waals surface area contributed by atoms with Crippen molar-refractivity contribution in [3.8, 4) is 0 Å². The summed E-state index contributed by atoms with van der Waals surface area (Å²) < 4.78 is 0. The Morgan fingerprint density at radius 1 is 1.29 bits per heavy atom. The van der Waals surface area contributed by atoms with Crippen LogP contribution in [-0.4, -0.2) is 27.2 Å². The second-order valence-electron chi connectivity index (χ2n) is 6.12. The average Bonchev–Trinajstić information content (AvgIpc) is 2.48. The molecule has 2 N–H and O–H groups in total. The van der Waals surface area contributed by atoms with E-state index in [2.05, 4.69) is 22.2 Å². The molecule has 3 rings (SSSR count). The maximum atomic E-state index is 10.7. The Labute approximate surface area is 129 Å². The zero-order valence-corrected chi connectivity index (χ0v) is 12.9. The molecule has 1 aromatic carbocycles. The molecule has 0 atom stereocenters. The number of aliphatic hydroxyl groups is 1. The lowest BCUT2D eigenvalue weighted by Crippen LogP contribution is -2.40. The Bertz CT molecular complexity index is 638. The first-order valence-electron chi connectivity index (χ1n) is 7.44. The van der Waals surface area contributed by atoms with Crippen molar-refractivity contribution in [3.63, 3.8) is 0 Å². The van der Waals surface area contributed by atoms with Gasteiger partial charge in [0.25, 0.3) is 0 Å². The summed E-state index contributed by atoms with van der Waals surface area (Å²) in [6.07, 6.45) is 3.81. The summed E-state index contributed by atoms with van der Waals surface area (Å²) in [5, 5.41) is 15.1. The van der Waals surface area contributed by atoms with E-state index in [0.717, 1.165) is 36.6 Å². The summed E-state index contributed by atoms with van der Waals surface area (Å²) >= 11 is 5.97. The molecule has 21 heavy (non-hydrogen) atoms. The van der Waals surface area contributed by atoms with Crippen molar-refractivity contribution < 1.29 is 5.11 Å². The molecule has 0 amide bonds. The summed E-state index contributed by atoms with van der Waals surface area (Å²) in [5.74, 6) is 1.40. The molecule has 1 fully saturated rings. The largest absolute Gasteiger partial charge is 0.388 e. The molecule has 0 bridgehead atoms. The lowest BCUT2D eigenvalue weighted by Gasteiger charge is -2.35. The second kappa shape index (κ2) is 5.78. The van der Waals surface area contributed by atoms with E-state index in [1.165, 1.54) is 0 Å². The molecule has 0 radical (unpaired) electrons. The first-order valence-corrected chi connectivity index (χ1v) is 7.82. The van der Waals surface area contributed by atoms with Crippen molar-refractivity contribution in [3.05, 3.63) is 29.5 Å². The van der Waals surface area contributed by atoms with Crippen LogP contribution in [0.3, 0.4) is 0 Å². The van der Waals surface area contributed by atoms with Crippen LogP contribution in [0.1, 0.15) is 32.6 Å². The van der Waals surface area contributed by atoms with Crippen LogP contribution in [0.4, 0.5) is 5.82 Å². The summed E-state index contributed by atoms with van der Waals surface area (Å²) in [6.45, 7) is 2.74. The number of nitrogens with one attached hydrogen (secondary N) is 1. The third-order valence-electron chi connectivity index (χ3n) is 4.37. The zero-order valence-electron chi connectivity index (χ0n) is 12.1. The number of hydrogen-bond acceptors (Lipinski definition) is 4. The molecule has 4 nitrogen and oxygen atoms in total. The van der Waals surface area contributed by atoms with Crippen LogP contribution in [0.25, 0.3) is 10.9 Å². The average molecular weight is 306 g/mol. The highest BCUT2D eigenvalue weighted by molar-refractivity contribution is 6.28.